The zero-order chi connectivity index (χ0) is 12.1. The molecule has 0 saturated carbocycles. The Morgan fingerprint density at radius 2 is 1.87 bits per heavy atom. The quantitative estimate of drug-likeness (QED) is 0.751. The van der Waals surface area contributed by atoms with Crippen molar-refractivity contribution >= 4 is 11.7 Å². The third-order valence-corrected chi connectivity index (χ3v) is 1.85. The van der Waals surface area contributed by atoms with Crippen LogP contribution < -0.4 is 5.32 Å². The van der Waals surface area contributed by atoms with Crippen molar-refractivity contribution in [2.24, 2.45) is 0 Å². The molecule has 4 heteroatoms. The topological polar surface area (TPSA) is 55.4 Å². The number of hydrogen-bond donors (Lipinski definition) is 1. The van der Waals surface area contributed by atoms with E-state index in [9.17, 15) is 9.59 Å². The Morgan fingerprint density at radius 1 is 1.33 bits per heavy atom. The second kappa shape index (κ2) is 5.85. The van der Waals surface area contributed by atoms with Crippen LogP contribution in [0.5, 0.6) is 0 Å². The summed E-state index contributed by atoms with van der Waals surface area (Å²) in [4.78, 5) is 22.5. The highest BCUT2D eigenvalue weighted by atomic mass is 16.5. The summed E-state index contributed by atoms with van der Waals surface area (Å²) in [5.74, 6) is -0.224. The van der Waals surface area contributed by atoms with Gasteiger partial charge >= 0.3 is 0 Å². The predicted molar refractivity (Wildman–Crippen MR) is 58.6 cm³/mol. The number of Topliss-reactive ketones (excluding diaryl/α,β-unsaturated/α-hetero) is 1. The van der Waals surface area contributed by atoms with Crippen molar-refractivity contribution in [1.29, 1.82) is 0 Å². The largest absolute Gasteiger partial charge is 0.366 e. The van der Waals surface area contributed by atoms with E-state index >= 15 is 0 Å². The van der Waals surface area contributed by atoms with Crippen molar-refractivity contribution in [3.05, 3.63) is 0 Å². The van der Waals surface area contributed by atoms with Gasteiger partial charge < -0.3 is 10.1 Å². The van der Waals surface area contributed by atoms with Crippen LogP contribution in [0.4, 0.5) is 0 Å². The second-order valence-electron chi connectivity index (χ2n) is 4.51. The van der Waals surface area contributed by atoms with Gasteiger partial charge in [-0.2, -0.15) is 0 Å². The van der Waals surface area contributed by atoms with Crippen LogP contribution in [0.1, 0.15) is 41.0 Å². The second-order valence-corrected chi connectivity index (χ2v) is 4.51. The number of carbonyl (C=O) groups excluding carboxylic acids is 2. The van der Waals surface area contributed by atoms with Crippen molar-refractivity contribution in [3.8, 4) is 0 Å². The molecule has 0 radical (unpaired) electrons. The number of rotatable bonds is 5. The zero-order valence-electron chi connectivity index (χ0n) is 10.2. The van der Waals surface area contributed by atoms with Crippen molar-refractivity contribution in [3.63, 3.8) is 0 Å². The van der Waals surface area contributed by atoms with Crippen molar-refractivity contribution in [2.45, 2.75) is 52.7 Å². The average molecular weight is 215 g/mol. The smallest absolute Gasteiger partial charge is 0.246 e. The Bertz CT molecular complexity index is 230. The number of ether oxygens (including phenoxy) is 1. The standard InChI is InChI=1S/C11H21NO3/c1-6-9(13)8(2)12-10(14)7-15-11(3,4)5/h8H,6-7H2,1-5H3,(H,12,14). The summed E-state index contributed by atoms with van der Waals surface area (Å²) in [5, 5.41) is 2.59. The van der Waals surface area contributed by atoms with Gasteiger partial charge in [0.2, 0.25) is 5.91 Å². The summed E-state index contributed by atoms with van der Waals surface area (Å²) in [6, 6.07) is -0.425. The molecule has 0 aromatic rings. The van der Waals surface area contributed by atoms with Gasteiger partial charge in [0.25, 0.3) is 0 Å². The van der Waals surface area contributed by atoms with Crippen LogP contribution in [0.3, 0.4) is 0 Å². The highest BCUT2D eigenvalue weighted by molar-refractivity contribution is 5.88. The maximum Gasteiger partial charge on any atom is 0.246 e. The predicted octanol–water partition coefficient (Wildman–Crippen LogP) is 1.29. The maximum absolute atomic E-state index is 11.3. The van der Waals surface area contributed by atoms with Gasteiger partial charge in [0.1, 0.15) is 6.61 Å². The number of ketones is 1. The number of nitrogens with one attached hydrogen (secondary N) is 1. The fourth-order valence-corrected chi connectivity index (χ4v) is 0.952. The molecular formula is C11H21NO3. The lowest BCUT2D eigenvalue weighted by Crippen LogP contribution is -2.41. The van der Waals surface area contributed by atoms with Gasteiger partial charge in [0.15, 0.2) is 5.78 Å². The SMILES string of the molecule is CCC(=O)C(C)NC(=O)COC(C)(C)C. The van der Waals surface area contributed by atoms with Crippen LogP contribution in [0.15, 0.2) is 0 Å². The lowest BCUT2D eigenvalue weighted by molar-refractivity contribution is -0.133. The molecule has 1 amide bonds. The molecule has 1 N–H and O–H groups in total. The van der Waals surface area contributed by atoms with E-state index < -0.39 is 6.04 Å². The molecule has 0 bridgehead atoms. The molecule has 1 unspecified atom stereocenters. The number of carbonyl (C=O) groups is 2. The lowest BCUT2D eigenvalue weighted by atomic mass is 10.1. The Hall–Kier alpha value is -0.900. The van der Waals surface area contributed by atoms with Crippen molar-refractivity contribution in [1.82, 2.24) is 5.32 Å². The molecule has 4 nitrogen and oxygen atoms in total. The summed E-state index contributed by atoms with van der Waals surface area (Å²) < 4.78 is 5.28. The highest BCUT2D eigenvalue weighted by Gasteiger charge is 2.16. The van der Waals surface area contributed by atoms with Crippen molar-refractivity contribution in [2.75, 3.05) is 6.61 Å². The Kier molecular flexibility index (Phi) is 5.50. The Labute approximate surface area is 91.4 Å². The molecular weight excluding hydrogens is 194 g/mol. The van der Waals surface area contributed by atoms with E-state index in [0.717, 1.165) is 0 Å². The average Bonchev–Trinajstić information content (AvgIpc) is 2.12. The minimum absolute atomic E-state index is 0.00909. The fourth-order valence-electron chi connectivity index (χ4n) is 0.952. The lowest BCUT2D eigenvalue weighted by Gasteiger charge is -2.20. The fraction of sp³-hybridized carbons (Fsp3) is 0.818. The normalized spacial score (nSPS) is 13.4. The van der Waals surface area contributed by atoms with Gasteiger partial charge in [0, 0.05) is 6.42 Å². The Morgan fingerprint density at radius 3 is 2.27 bits per heavy atom. The van der Waals surface area contributed by atoms with Crippen LogP contribution in [0.25, 0.3) is 0 Å². The summed E-state index contributed by atoms with van der Waals surface area (Å²) in [5.41, 5.74) is -0.338. The number of amides is 1. The van der Waals surface area contributed by atoms with Crippen LogP contribution in [-0.2, 0) is 14.3 Å². The molecule has 0 aliphatic carbocycles. The zero-order valence-corrected chi connectivity index (χ0v) is 10.2. The maximum atomic E-state index is 11.3. The van der Waals surface area contributed by atoms with Gasteiger partial charge in [-0.05, 0) is 27.7 Å². The first-order valence-electron chi connectivity index (χ1n) is 5.22. The molecule has 0 aromatic heterocycles. The molecule has 0 fully saturated rings. The van der Waals surface area contributed by atoms with Crippen LogP contribution in [0.2, 0.25) is 0 Å². The third-order valence-electron chi connectivity index (χ3n) is 1.85. The van der Waals surface area contributed by atoms with Gasteiger partial charge in [-0.3, -0.25) is 9.59 Å². The molecule has 0 saturated heterocycles. The molecule has 0 aromatic carbocycles. The van der Waals surface area contributed by atoms with E-state index in [0.29, 0.717) is 6.42 Å². The van der Waals surface area contributed by atoms with Gasteiger partial charge in [0.05, 0.1) is 11.6 Å². The highest BCUT2D eigenvalue weighted by Crippen LogP contribution is 2.05. The van der Waals surface area contributed by atoms with Crippen molar-refractivity contribution < 1.29 is 14.3 Å². The molecule has 0 rings (SSSR count). The van der Waals surface area contributed by atoms with Crippen LogP contribution in [-0.4, -0.2) is 29.9 Å². The first-order valence-corrected chi connectivity index (χ1v) is 5.22. The third kappa shape index (κ3) is 7.08. The first-order chi connectivity index (χ1) is 6.76. The minimum atomic E-state index is -0.425. The van der Waals surface area contributed by atoms with Gasteiger partial charge in [-0.15, -0.1) is 0 Å². The summed E-state index contributed by atoms with van der Waals surface area (Å²) in [6.45, 7) is 9.07. The van der Waals surface area contributed by atoms with E-state index in [1.807, 2.05) is 20.8 Å². The van der Waals surface area contributed by atoms with Gasteiger partial charge in [-0.1, -0.05) is 6.92 Å². The van der Waals surface area contributed by atoms with E-state index in [4.69, 9.17) is 4.74 Å². The van der Waals surface area contributed by atoms with Gasteiger partial charge in [-0.25, -0.2) is 0 Å². The van der Waals surface area contributed by atoms with Crippen LogP contribution in [0, 0.1) is 0 Å². The number of hydrogen-bond acceptors (Lipinski definition) is 3. The minimum Gasteiger partial charge on any atom is -0.366 e. The first kappa shape index (κ1) is 14.1. The summed E-state index contributed by atoms with van der Waals surface area (Å²) in [7, 11) is 0. The van der Waals surface area contributed by atoms with E-state index in [-0.39, 0.29) is 23.9 Å². The molecule has 0 heterocycles. The van der Waals surface area contributed by atoms with E-state index in [1.165, 1.54) is 0 Å². The van der Waals surface area contributed by atoms with E-state index in [2.05, 4.69) is 5.32 Å². The summed E-state index contributed by atoms with van der Waals surface area (Å²) in [6.07, 6.45) is 0.432. The molecule has 0 aliphatic rings. The molecule has 0 spiro atoms. The molecule has 15 heavy (non-hydrogen) atoms. The van der Waals surface area contributed by atoms with Crippen LogP contribution >= 0.6 is 0 Å². The monoisotopic (exact) mass is 215 g/mol. The Balaban J connectivity index is 3.89. The summed E-state index contributed by atoms with van der Waals surface area (Å²) >= 11 is 0. The molecule has 1 atom stereocenters. The van der Waals surface area contributed by atoms with E-state index in [1.54, 1.807) is 13.8 Å². The molecule has 0 aliphatic heterocycles. The molecule has 88 valence electrons.